The third-order valence-electron chi connectivity index (χ3n) is 4.38. The smallest absolute Gasteiger partial charge is 0.294 e. The first-order chi connectivity index (χ1) is 12.6. The number of aryl methyl sites for hydroxylation is 1. The van der Waals surface area contributed by atoms with Gasteiger partial charge in [0.1, 0.15) is 0 Å². The lowest BCUT2D eigenvalue weighted by Gasteiger charge is -2.10. The highest BCUT2D eigenvalue weighted by Crippen LogP contribution is 2.18. The van der Waals surface area contributed by atoms with Crippen LogP contribution in [0.25, 0.3) is 0 Å². The SMILES string of the molecule is CCCCCCCCCCCCc1ccccc1S(=O)(=O)O.O1[SiH2]O[SiH2]1. The fourth-order valence-corrected chi connectivity index (χ4v) is 4.27. The average molecular weight is 419 g/mol. The van der Waals surface area contributed by atoms with E-state index in [-0.39, 0.29) is 24.9 Å². The molecule has 2 rings (SSSR count). The van der Waals surface area contributed by atoms with Gasteiger partial charge < -0.3 is 8.23 Å². The molecule has 0 aliphatic carbocycles. The molecule has 1 aliphatic rings. The number of hydrogen-bond donors (Lipinski definition) is 1. The molecule has 0 radical (unpaired) electrons. The molecule has 1 heterocycles. The lowest BCUT2D eigenvalue weighted by Crippen LogP contribution is -2.23. The lowest BCUT2D eigenvalue weighted by atomic mass is 10.0. The summed E-state index contributed by atoms with van der Waals surface area (Å²) in [5.74, 6) is 0. The minimum Gasteiger partial charge on any atom is -0.425 e. The van der Waals surface area contributed by atoms with E-state index in [0.717, 1.165) is 18.4 Å². The van der Waals surface area contributed by atoms with Gasteiger partial charge in [-0.25, -0.2) is 0 Å². The second-order valence-corrected chi connectivity index (χ2v) is 11.8. The van der Waals surface area contributed by atoms with E-state index in [0.29, 0.717) is 6.42 Å². The molecule has 0 aromatic heterocycles. The first-order valence-electron chi connectivity index (χ1n) is 9.76. The van der Waals surface area contributed by atoms with Crippen molar-refractivity contribution in [3.05, 3.63) is 29.8 Å². The van der Waals surface area contributed by atoms with Gasteiger partial charge in [0, 0.05) is 0 Å². The van der Waals surface area contributed by atoms with Crippen LogP contribution in [0.5, 0.6) is 0 Å². The van der Waals surface area contributed by atoms with Gasteiger partial charge in [-0.05, 0) is 24.5 Å². The molecular formula is C18H34O5SSi2. The van der Waals surface area contributed by atoms with Gasteiger partial charge in [-0.3, -0.25) is 4.55 Å². The summed E-state index contributed by atoms with van der Waals surface area (Å²) in [6.45, 7) is 2.24. The Hall–Kier alpha value is -0.516. The molecule has 0 spiro atoms. The van der Waals surface area contributed by atoms with Gasteiger partial charge in [-0.1, -0.05) is 82.9 Å². The van der Waals surface area contributed by atoms with Crippen LogP contribution in [0.2, 0.25) is 0 Å². The predicted octanol–water partition coefficient (Wildman–Crippen LogP) is 3.43. The standard InChI is InChI=1S/C18H30O3S.H4O2Si2/c1-2-3-4-5-6-7-8-9-10-11-14-17-15-12-13-16-18(17)22(19,20)21;1-3-2-4-1/h12-13,15-16H,2-11,14H2,1H3,(H,19,20,21);3-4H2. The maximum atomic E-state index is 11.3. The molecule has 26 heavy (non-hydrogen) atoms. The maximum absolute atomic E-state index is 11.3. The summed E-state index contributed by atoms with van der Waals surface area (Å²) in [7, 11) is -4.76. The van der Waals surface area contributed by atoms with Crippen molar-refractivity contribution in [1.82, 2.24) is 0 Å². The Balaban J connectivity index is 0.000000739. The van der Waals surface area contributed by atoms with Gasteiger partial charge in [0.15, 0.2) is 0 Å². The van der Waals surface area contributed by atoms with Gasteiger partial charge in [0.05, 0.1) is 4.90 Å². The van der Waals surface area contributed by atoms with Crippen molar-refractivity contribution in [2.24, 2.45) is 0 Å². The van der Waals surface area contributed by atoms with Gasteiger partial charge in [-0.2, -0.15) is 8.42 Å². The van der Waals surface area contributed by atoms with Crippen molar-refractivity contribution in [2.75, 3.05) is 0 Å². The number of benzene rings is 1. The quantitative estimate of drug-likeness (QED) is 0.320. The van der Waals surface area contributed by atoms with E-state index >= 15 is 0 Å². The highest BCUT2D eigenvalue weighted by molar-refractivity contribution is 7.85. The fourth-order valence-electron chi connectivity index (χ4n) is 2.85. The highest BCUT2D eigenvalue weighted by Gasteiger charge is 2.13. The van der Waals surface area contributed by atoms with Gasteiger partial charge >= 0.3 is 0 Å². The van der Waals surface area contributed by atoms with E-state index in [4.69, 9.17) is 8.23 Å². The van der Waals surface area contributed by atoms with Crippen molar-refractivity contribution >= 4 is 30.1 Å². The van der Waals surface area contributed by atoms with Crippen LogP contribution in [-0.2, 0) is 24.8 Å². The van der Waals surface area contributed by atoms with Crippen LogP contribution in [0.1, 0.15) is 76.7 Å². The Morgan fingerprint density at radius 1 is 0.846 bits per heavy atom. The summed E-state index contributed by atoms with van der Waals surface area (Å²) < 4.78 is 41.3. The molecule has 1 saturated heterocycles. The summed E-state index contributed by atoms with van der Waals surface area (Å²) in [6.07, 6.45) is 13.3. The van der Waals surface area contributed by atoms with Crippen molar-refractivity contribution in [3.63, 3.8) is 0 Å². The highest BCUT2D eigenvalue weighted by atomic mass is 32.2. The van der Waals surface area contributed by atoms with Crippen LogP contribution in [0.3, 0.4) is 0 Å². The van der Waals surface area contributed by atoms with Crippen molar-refractivity contribution < 1.29 is 21.2 Å². The third kappa shape index (κ3) is 11.3. The third-order valence-corrected chi connectivity index (χ3v) is 8.00. The Morgan fingerprint density at radius 2 is 1.31 bits per heavy atom. The molecule has 1 aliphatic heterocycles. The second kappa shape index (κ2) is 14.5. The van der Waals surface area contributed by atoms with E-state index in [1.54, 1.807) is 12.1 Å². The number of unbranched alkanes of at least 4 members (excludes halogenated alkanes) is 9. The number of rotatable bonds is 12. The van der Waals surface area contributed by atoms with Crippen LogP contribution < -0.4 is 0 Å². The zero-order chi connectivity index (χ0) is 19.1. The Labute approximate surface area is 163 Å². The Morgan fingerprint density at radius 3 is 1.77 bits per heavy atom. The lowest BCUT2D eigenvalue weighted by molar-refractivity contribution is 0.346. The van der Waals surface area contributed by atoms with Crippen LogP contribution in [0.15, 0.2) is 29.2 Å². The minimum absolute atomic E-state index is 0.0610. The summed E-state index contributed by atoms with van der Waals surface area (Å²) >= 11 is 0. The normalized spacial score (nSPS) is 15.5. The van der Waals surface area contributed by atoms with Gasteiger partial charge in [0.25, 0.3) is 30.1 Å². The molecule has 1 aromatic carbocycles. The van der Waals surface area contributed by atoms with E-state index < -0.39 is 10.1 Å². The van der Waals surface area contributed by atoms with Crippen LogP contribution >= 0.6 is 0 Å². The second-order valence-electron chi connectivity index (χ2n) is 6.66. The molecule has 0 amide bonds. The molecule has 1 fully saturated rings. The molecule has 8 heteroatoms. The molecule has 0 bridgehead atoms. The van der Waals surface area contributed by atoms with Crippen molar-refractivity contribution in [2.45, 2.75) is 82.4 Å². The molecule has 0 atom stereocenters. The zero-order valence-corrected chi connectivity index (χ0v) is 19.6. The average Bonchev–Trinajstić information content (AvgIpc) is 2.54. The van der Waals surface area contributed by atoms with Crippen LogP contribution in [0, 0.1) is 0 Å². The zero-order valence-electron chi connectivity index (χ0n) is 16.0. The summed E-state index contributed by atoms with van der Waals surface area (Å²) in [6, 6.07) is 6.73. The Bertz CT molecular complexity index is 573. The summed E-state index contributed by atoms with van der Waals surface area (Å²) in [5.41, 5.74) is 0.726. The van der Waals surface area contributed by atoms with Crippen LogP contribution in [-0.4, -0.2) is 33.0 Å². The van der Waals surface area contributed by atoms with E-state index in [9.17, 15) is 13.0 Å². The van der Waals surface area contributed by atoms with Crippen molar-refractivity contribution in [1.29, 1.82) is 0 Å². The van der Waals surface area contributed by atoms with Crippen LogP contribution in [0.4, 0.5) is 0 Å². The summed E-state index contributed by atoms with van der Waals surface area (Å²) in [4.78, 5) is 0.0610. The molecule has 0 saturated carbocycles. The summed E-state index contributed by atoms with van der Waals surface area (Å²) in [5, 5.41) is 0. The molecule has 1 aromatic rings. The first-order valence-corrected chi connectivity index (χ1v) is 13.5. The Kier molecular flexibility index (Phi) is 13.1. The molecular weight excluding hydrogens is 384 g/mol. The van der Waals surface area contributed by atoms with E-state index in [1.807, 2.05) is 6.07 Å². The first kappa shape index (κ1) is 23.5. The van der Waals surface area contributed by atoms with E-state index in [1.165, 1.54) is 57.4 Å². The predicted molar refractivity (Wildman–Crippen MR) is 111 cm³/mol. The van der Waals surface area contributed by atoms with Gasteiger partial charge in [-0.15, -0.1) is 0 Å². The van der Waals surface area contributed by atoms with E-state index in [2.05, 4.69) is 6.92 Å². The minimum atomic E-state index is -4.10. The maximum Gasteiger partial charge on any atom is 0.294 e. The molecule has 0 unspecified atom stereocenters. The molecule has 1 N–H and O–H groups in total. The van der Waals surface area contributed by atoms with Crippen molar-refractivity contribution in [3.8, 4) is 0 Å². The van der Waals surface area contributed by atoms with Gasteiger partial charge in [0.2, 0.25) is 0 Å². The largest absolute Gasteiger partial charge is 0.425 e. The fraction of sp³-hybridized carbons (Fsp3) is 0.667. The molecule has 5 nitrogen and oxygen atoms in total. The number of hydrogen-bond acceptors (Lipinski definition) is 4. The molecule has 150 valence electrons. The topological polar surface area (TPSA) is 72.8 Å². The monoisotopic (exact) mass is 418 g/mol.